The molecule has 1 aromatic carbocycles. The van der Waals surface area contributed by atoms with E-state index < -0.39 is 16.5 Å². The summed E-state index contributed by atoms with van der Waals surface area (Å²) in [6.45, 7) is 14.8. The number of fused-ring (bicyclic) bond motifs is 4. The zero-order chi connectivity index (χ0) is 28.0. The van der Waals surface area contributed by atoms with Crippen LogP contribution >= 0.6 is 0 Å². The number of piperidine rings is 3. The minimum absolute atomic E-state index is 0. The van der Waals surface area contributed by atoms with Gasteiger partial charge in [0.05, 0.1) is 18.7 Å². The lowest BCUT2D eigenvalue weighted by Gasteiger charge is -2.50. The summed E-state index contributed by atoms with van der Waals surface area (Å²) < 4.78 is 36.9. The van der Waals surface area contributed by atoms with Crippen molar-refractivity contribution in [1.82, 2.24) is 9.88 Å². The van der Waals surface area contributed by atoms with Gasteiger partial charge < -0.3 is 26.3 Å². The van der Waals surface area contributed by atoms with E-state index in [4.69, 9.17) is 22.3 Å². The fourth-order valence-electron chi connectivity index (χ4n) is 4.44. The van der Waals surface area contributed by atoms with Crippen molar-refractivity contribution in [2.75, 3.05) is 20.2 Å². The van der Waals surface area contributed by atoms with Gasteiger partial charge in [-0.05, 0) is 61.1 Å². The van der Waals surface area contributed by atoms with E-state index in [1.165, 1.54) is 32.1 Å². The summed E-state index contributed by atoms with van der Waals surface area (Å²) in [6.07, 6.45) is 10.9. The lowest BCUT2D eigenvalue weighted by atomic mass is 9.73. The molecule has 1 aromatic heterocycles. The molecule has 0 aliphatic carbocycles. The maximum absolute atomic E-state index is 11.2. The Bertz CT molecular complexity index is 1040. The third-order valence-electron chi connectivity index (χ3n) is 6.82. The van der Waals surface area contributed by atoms with Gasteiger partial charge in [0.2, 0.25) is 0 Å². The number of hydrogen-bond donors (Lipinski definition) is 3. The van der Waals surface area contributed by atoms with Crippen molar-refractivity contribution in [3.8, 4) is 5.75 Å². The maximum Gasteiger partial charge on any atom is 0.394 e. The number of hydrogen-bond acceptors (Lipinski definition) is 6. The molecule has 0 radical (unpaired) electrons. The van der Waals surface area contributed by atoms with Crippen LogP contribution in [0, 0.1) is 11.8 Å². The quantitative estimate of drug-likeness (QED) is 0.331. The van der Waals surface area contributed by atoms with E-state index in [9.17, 15) is 5.11 Å². The van der Waals surface area contributed by atoms with Gasteiger partial charge in [-0.1, -0.05) is 59.5 Å². The summed E-state index contributed by atoms with van der Waals surface area (Å²) in [5, 5.41) is 12.1. The van der Waals surface area contributed by atoms with Crippen molar-refractivity contribution in [3.05, 3.63) is 48.7 Å². The van der Waals surface area contributed by atoms with Crippen molar-refractivity contribution in [3.63, 3.8) is 0 Å². The second-order valence-electron chi connectivity index (χ2n) is 9.42. The molecular formula is C28H52N2O9S. The Hall–Kier alpha value is -2.16. The van der Waals surface area contributed by atoms with Crippen LogP contribution in [0.25, 0.3) is 10.9 Å². The van der Waals surface area contributed by atoms with Gasteiger partial charge in [-0.15, -0.1) is 6.58 Å². The van der Waals surface area contributed by atoms with E-state index in [1.54, 1.807) is 13.3 Å². The number of nitrogens with zero attached hydrogens (tertiary/aromatic N) is 2. The molecule has 5 rings (SSSR count). The van der Waals surface area contributed by atoms with Crippen LogP contribution in [0.1, 0.15) is 77.9 Å². The molecule has 234 valence electrons. The third kappa shape index (κ3) is 14.0. The predicted octanol–water partition coefficient (Wildman–Crippen LogP) is 3.66. The molecule has 2 unspecified atom stereocenters. The fourth-order valence-corrected chi connectivity index (χ4v) is 4.44. The number of methoxy groups -OCH3 is 1. The van der Waals surface area contributed by atoms with Crippen LogP contribution in [-0.4, -0.2) is 75.2 Å². The molecule has 2 bridgehead atoms. The van der Waals surface area contributed by atoms with Crippen molar-refractivity contribution >= 4 is 21.3 Å². The van der Waals surface area contributed by atoms with Crippen LogP contribution in [0.2, 0.25) is 0 Å². The fraction of sp³-hybridized carbons (Fsp3) is 0.607. The van der Waals surface area contributed by atoms with Gasteiger partial charge in [0.25, 0.3) is 0 Å². The van der Waals surface area contributed by atoms with Crippen LogP contribution in [0.3, 0.4) is 0 Å². The second-order valence-corrected chi connectivity index (χ2v) is 10.3. The molecule has 0 spiro atoms. The van der Waals surface area contributed by atoms with E-state index in [2.05, 4.69) is 50.2 Å². The predicted molar refractivity (Wildman–Crippen MR) is 161 cm³/mol. The summed E-state index contributed by atoms with van der Waals surface area (Å²) in [5.74, 6) is 2.01. The number of rotatable bonds is 6. The van der Waals surface area contributed by atoms with E-state index in [0.29, 0.717) is 11.8 Å². The summed E-state index contributed by atoms with van der Waals surface area (Å²) in [6, 6.07) is 7.96. The van der Waals surface area contributed by atoms with Crippen LogP contribution < -0.4 is 4.74 Å². The molecule has 5 atom stereocenters. The number of aliphatic hydroxyl groups is 1. The van der Waals surface area contributed by atoms with Crippen LogP contribution in [0.5, 0.6) is 5.75 Å². The molecule has 40 heavy (non-hydrogen) atoms. The van der Waals surface area contributed by atoms with E-state index in [-0.39, 0.29) is 22.5 Å². The Kier molecular flexibility index (Phi) is 22.8. The number of aliphatic hydroxyl groups excluding tert-OH is 1. The SMILES string of the molecule is C=C[C@H]1CN2CCC1C[C@H]2[C@H](O)c1ccnc2ccc(OC)cc12.CCCC.CCCC.O.O.O.O=S(=O)(O)O. The van der Waals surface area contributed by atoms with Crippen LogP contribution in [-0.2, 0) is 10.4 Å². The highest BCUT2D eigenvalue weighted by molar-refractivity contribution is 7.79. The summed E-state index contributed by atoms with van der Waals surface area (Å²) in [7, 11) is -3.01. The van der Waals surface area contributed by atoms with Crippen molar-refractivity contribution in [2.24, 2.45) is 11.8 Å². The first-order valence-corrected chi connectivity index (χ1v) is 14.6. The highest BCUT2D eigenvalue weighted by atomic mass is 32.3. The third-order valence-corrected chi connectivity index (χ3v) is 6.82. The Morgan fingerprint density at radius 3 is 2.05 bits per heavy atom. The van der Waals surface area contributed by atoms with Gasteiger partial charge in [0, 0.05) is 24.2 Å². The highest BCUT2D eigenvalue weighted by Crippen LogP contribution is 2.42. The van der Waals surface area contributed by atoms with Gasteiger partial charge in [0.1, 0.15) is 5.75 Å². The van der Waals surface area contributed by atoms with E-state index >= 15 is 0 Å². The molecule has 3 saturated heterocycles. The number of aromatic nitrogens is 1. The Balaban J connectivity index is -0.000000728. The number of ether oxygens (including phenoxy) is 1. The van der Waals surface area contributed by atoms with Crippen molar-refractivity contribution < 1.29 is 43.8 Å². The summed E-state index contributed by atoms with van der Waals surface area (Å²) in [5.41, 5.74) is 1.85. The van der Waals surface area contributed by atoms with Crippen molar-refractivity contribution in [1.29, 1.82) is 0 Å². The first-order valence-electron chi connectivity index (χ1n) is 13.2. The lowest BCUT2D eigenvalue weighted by molar-refractivity contribution is -0.0444. The molecule has 11 nitrogen and oxygen atoms in total. The second kappa shape index (κ2) is 21.6. The smallest absolute Gasteiger partial charge is 0.394 e. The number of pyridine rings is 1. The molecule has 0 amide bonds. The van der Waals surface area contributed by atoms with Crippen LogP contribution in [0.15, 0.2) is 43.1 Å². The molecule has 9 N–H and O–H groups in total. The molecule has 12 heteroatoms. The maximum atomic E-state index is 11.2. The monoisotopic (exact) mass is 592 g/mol. The van der Waals surface area contributed by atoms with E-state index in [0.717, 1.165) is 41.7 Å². The number of unbranched alkanes of at least 4 members (excludes halogenated alkanes) is 2. The average Bonchev–Trinajstić information content (AvgIpc) is 2.91. The number of benzene rings is 1. The molecular weight excluding hydrogens is 540 g/mol. The first kappa shape index (κ1) is 42.3. The molecule has 3 fully saturated rings. The standard InChI is InChI=1S/C20H24N2O2.2C4H10.H2O4S.3H2O/c1-3-13-12-22-9-7-14(13)10-19(22)20(23)16-6-8-21-18-5-4-15(24-2)11-17(16)18;2*1-3-4-2;1-5(2,3)4;;;/h3-6,8,11,13-14,19-20,23H,1,7,9-10,12H2,2H3;2*3-4H2,1-2H3;(H2,1,2,3,4);3*1H2/t13-,14?,19-,20+;;;;;;/m0....../s1. The zero-order valence-corrected chi connectivity index (χ0v) is 25.3. The summed E-state index contributed by atoms with van der Waals surface area (Å²) in [4.78, 5) is 6.86. The normalized spacial score (nSPS) is 21.1. The minimum atomic E-state index is -4.67. The highest BCUT2D eigenvalue weighted by Gasteiger charge is 2.42. The molecule has 3 aliphatic rings. The largest absolute Gasteiger partial charge is 0.497 e. The molecule has 0 saturated carbocycles. The molecule has 3 aliphatic heterocycles. The summed E-state index contributed by atoms with van der Waals surface area (Å²) >= 11 is 0. The Labute approximate surface area is 239 Å². The molecule has 4 heterocycles. The average molecular weight is 593 g/mol. The van der Waals surface area contributed by atoms with Gasteiger partial charge in [0.15, 0.2) is 0 Å². The topological polar surface area (TPSA) is 215 Å². The first-order chi connectivity index (χ1) is 17.5. The van der Waals surface area contributed by atoms with Gasteiger partial charge in [-0.25, -0.2) is 0 Å². The Morgan fingerprint density at radius 1 is 1.07 bits per heavy atom. The van der Waals surface area contributed by atoms with E-state index in [1.807, 2.05) is 24.3 Å². The van der Waals surface area contributed by atoms with Crippen molar-refractivity contribution in [2.45, 2.75) is 78.4 Å². The lowest BCUT2D eigenvalue weighted by Crippen LogP contribution is -2.54. The van der Waals surface area contributed by atoms with Gasteiger partial charge in [-0.2, -0.15) is 8.42 Å². The zero-order valence-electron chi connectivity index (χ0n) is 24.5. The Morgan fingerprint density at radius 2 is 1.62 bits per heavy atom. The minimum Gasteiger partial charge on any atom is -0.497 e. The van der Waals surface area contributed by atoms with Crippen LogP contribution in [0.4, 0.5) is 0 Å². The van der Waals surface area contributed by atoms with Gasteiger partial charge in [-0.3, -0.25) is 19.0 Å². The molecule has 2 aromatic rings. The van der Waals surface area contributed by atoms with Gasteiger partial charge >= 0.3 is 10.4 Å².